The Kier molecular flexibility index (Phi) is 5.01. The van der Waals surface area contributed by atoms with Gasteiger partial charge in [0.15, 0.2) is 0 Å². The molecule has 2 heterocycles. The minimum atomic E-state index is -0.635. The molecule has 127 valence electrons. The van der Waals surface area contributed by atoms with E-state index in [1.54, 1.807) is 18.0 Å². The van der Waals surface area contributed by atoms with Crippen LogP contribution in [0.5, 0.6) is 0 Å². The third kappa shape index (κ3) is 3.83. The van der Waals surface area contributed by atoms with Crippen molar-refractivity contribution in [2.75, 3.05) is 6.26 Å². The fraction of sp³-hybridized carbons (Fsp3) is 0.588. The predicted molar refractivity (Wildman–Crippen MR) is 99.7 cm³/mol. The molecule has 2 N–H and O–H groups in total. The van der Waals surface area contributed by atoms with E-state index in [9.17, 15) is 9.90 Å². The van der Waals surface area contributed by atoms with Crippen molar-refractivity contribution in [3.8, 4) is 0 Å². The maximum absolute atomic E-state index is 12.5. The van der Waals surface area contributed by atoms with Crippen LogP contribution in [0.15, 0.2) is 17.3 Å². The molecule has 1 aliphatic carbocycles. The Morgan fingerprint density at radius 3 is 2.71 bits per heavy atom. The third-order valence-corrected chi connectivity index (χ3v) is 5.55. The number of aromatic nitrogens is 1. The molecule has 0 aromatic carbocycles. The first-order valence-electron chi connectivity index (χ1n) is 8.37. The van der Waals surface area contributed by atoms with Gasteiger partial charge in [0.05, 0.1) is 11.2 Å². The number of aliphatic imine (C=N–C) groups is 1. The van der Waals surface area contributed by atoms with Crippen LogP contribution in [-0.2, 0) is 0 Å². The van der Waals surface area contributed by atoms with E-state index >= 15 is 0 Å². The SMILES string of the molecule is CSC1=Nc2ncc(C(=O)NC3CCC(C(C)(C)O)CC3)cc2[B]1. The number of amides is 1. The first-order chi connectivity index (χ1) is 11.4. The Labute approximate surface area is 148 Å². The molecule has 1 amide bonds. The van der Waals surface area contributed by atoms with Gasteiger partial charge < -0.3 is 10.4 Å². The summed E-state index contributed by atoms with van der Waals surface area (Å²) in [5.74, 6) is 0.911. The van der Waals surface area contributed by atoms with E-state index in [-0.39, 0.29) is 11.9 Å². The van der Waals surface area contributed by atoms with Gasteiger partial charge in [0.1, 0.15) is 5.82 Å². The van der Waals surface area contributed by atoms with Crippen molar-refractivity contribution in [3.63, 3.8) is 0 Å². The minimum Gasteiger partial charge on any atom is -0.390 e. The highest BCUT2D eigenvalue weighted by Crippen LogP contribution is 2.32. The number of hydrogen-bond acceptors (Lipinski definition) is 5. The molecule has 0 unspecified atom stereocenters. The summed E-state index contributed by atoms with van der Waals surface area (Å²) in [5, 5.41) is 13.2. The monoisotopic (exact) mass is 344 g/mol. The molecule has 0 spiro atoms. The van der Waals surface area contributed by atoms with Crippen molar-refractivity contribution in [2.45, 2.75) is 51.2 Å². The number of aliphatic hydroxyl groups is 1. The van der Waals surface area contributed by atoms with E-state index in [1.807, 2.05) is 33.4 Å². The lowest BCUT2D eigenvalue weighted by Gasteiger charge is -2.36. The fourth-order valence-electron chi connectivity index (χ4n) is 3.39. The highest BCUT2D eigenvalue weighted by atomic mass is 32.2. The largest absolute Gasteiger partial charge is 0.390 e. The van der Waals surface area contributed by atoms with Crippen molar-refractivity contribution in [1.82, 2.24) is 10.3 Å². The Balaban J connectivity index is 1.58. The number of pyridine rings is 1. The number of rotatable bonds is 3. The first-order valence-corrected chi connectivity index (χ1v) is 9.60. The number of carbonyl (C=O) groups is 1. The van der Waals surface area contributed by atoms with Gasteiger partial charge in [-0.2, -0.15) is 0 Å². The number of nitrogens with one attached hydrogen (secondary N) is 1. The maximum Gasteiger partial charge on any atom is 0.253 e. The molecule has 7 heteroatoms. The van der Waals surface area contributed by atoms with Crippen LogP contribution in [0.4, 0.5) is 5.82 Å². The molecule has 1 aliphatic heterocycles. The molecule has 1 saturated carbocycles. The quantitative estimate of drug-likeness (QED) is 0.821. The highest BCUT2D eigenvalue weighted by Gasteiger charge is 2.32. The summed E-state index contributed by atoms with van der Waals surface area (Å²) < 4.78 is 0. The second kappa shape index (κ2) is 6.88. The van der Waals surface area contributed by atoms with Gasteiger partial charge in [-0.1, -0.05) is 0 Å². The molecule has 0 saturated heterocycles. The Hall–Kier alpha value is -1.34. The summed E-state index contributed by atoms with van der Waals surface area (Å²) >= 11 is 1.57. The summed E-state index contributed by atoms with van der Waals surface area (Å²) in [6, 6.07) is 2.03. The van der Waals surface area contributed by atoms with Crippen LogP contribution in [0.1, 0.15) is 49.9 Å². The molecular formula is C17H23BN3O2S. The van der Waals surface area contributed by atoms with Gasteiger partial charge in [0.2, 0.25) is 7.28 Å². The summed E-state index contributed by atoms with van der Waals surface area (Å²) in [6.07, 6.45) is 7.26. The summed E-state index contributed by atoms with van der Waals surface area (Å²) in [7, 11) is 1.96. The Bertz CT molecular complexity index is 664. The van der Waals surface area contributed by atoms with Crippen molar-refractivity contribution in [2.24, 2.45) is 10.9 Å². The van der Waals surface area contributed by atoms with E-state index < -0.39 is 5.60 Å². The van der Waals surface area contributed by atoms with Gasteiger partial charge in [0, 0.05) is 17.2 Å². The number of fused-ring (bicyclic) bond motifs is 1. The number of carbonyl (C=O) groups excluding carboxylic acids is 1. The maximum atomic E-state index is 12.5. The highest BCUT2D eigenvalue weighted by molar-refractivity contribution is 8.16. The van der Waals surface area contributed by atoms with Crippen molar-refractivity contribution in [3.05, 3.63) is 17.8 Å². The lowest BCUT2D eigenvalue weighted by atomic mass is 9.73. The second-order valence-corrected chi connectivity index (χ2v) is 7.94. The first kappa shape index (κ1) is 17.5. The standard InChI is InChI=1S/C17H23BN3O2S/c1-17(2,23)11-4-6-12(7-5-11)20-15(22)10-8-13-14(19-9-10)21-16(18-13)24-3/h8-9,11-12,23H,4-7H2,1-3H3,(H,20,22). The summed E-state index contributed by atoms with van der Waals surface area (Å²) in [5.41, 5.74) is 0.842. The Morgan fingerprint density at radius 1 is 1.38 bits per heavy atom. The van der Waals surface area contributed by atoms with Crippen LogP contribution >= 0.6 is 11.8 Å². The van der Waals surface area contributed by atoms with Crippen LogP contribution in [0.25, 0.3) is 0 Å². The van der Waals surface area contributed by atoms with Gasteiger partial charge in [-0.3, -0.25) is 4.79 Å². The molecule has 1 aromatic heterocycles. The normalized spacial score (nSPS) is 23.2. The van der Waals surface area contributed by atoms with E-state index in [4.69, 9.17) is 0 Å². The number of thioether (sulfide) groups is 1. The zero-order valence-electron chi connectivity index (χ0n) is 14.4. The minimum absolute atomic E-state index is 0.0805. The molecular weight excluding hydrogens is 321 g/mol. The molecule has 1 radical (unpaired) electrons. The Morgan fingerprint density at radius 2 is 2.08 bits per heavy atom. The van der Waals surface area contributed by atoms with Crippen LogP contribution in [0.2, 0.25) is 0 Å². The molecule has 5 nitrogen and oxygen atoms in total. The smallest absolute Gasteiger partial charge is 0.253 e. The molecule has 24 heavy (non-hydrogen) atoms. The fourth-order valence-corrected chi connectivity index (χ4v) is 3.81. The second-order valence-electron chi connectivity index (χ2n) is 7.11. The van der Waals surface area contributed by atoms with Crippen LogP contribution in [0, 0.1) is 5.92 Å². The van der Waals surface area contributed by atoms with E-state index in [2.05, 4.69) is 15.3 Å². The van der Waals surface area contributed by atoms with E-state index in [0.29, 0.717) is 17.3 Å². The topological polar surface area (TPSA) is 74.6 Å². The molecule has 1 fully saturated rings. The predicted octanol–water partition coefficient (Wildman–Crippen LogP) is 1.83. The lowest BCUT2D eigenvalue weighted by molar-refractivity contribution is -0.00257. The van der Waals surface area contributed by atoms with Gasteiger partial charge in [0.25, 0.3) is 5.91 Å². The average molecular weight is 344 g/mol. The van der Waals surface area contributed by atoms with E-state index in [1.165, 1.54) is 0 Å². The zero-order valence-corrected chi connectivity index (χ0v) is 15.2. The van der Waals surface area contributed by atoms with Crippen molar-refractivity contribution in [1.29, 1.82) is 0 Å². The van der Waals surface area contributed by atoms with Gasteiger partial charge in [-0.25, -0.2) is 9.98 Å². The molecule has 1 aromatic rings. The van der Waals surface area contributed by atoms with E-state index in [0.717, 1.165) is 36.1 Å². The van der Waals surface area contributed by atoms with Gasteiger partial charge in [-0.05, 0) is 63.2 Å². The summed E-state index contributed by atoms with van der Waals surface area (Å²) in [6.45, 7) is 3.74. The van der Waals surface area contributed by atoms with Crippen LogP contribution < -0.4 is 10.8 Å². The van der Waals surface area contributed by atoms with Crippen molar-refractivity contribution >= 4 is 41.2 Å². The zero-order chi connectivity index (χ0) is 17.3. The number of nitrogens with zero attached hydrogens (tertiary/aromatic N) is 2. The molecule has 0 bridgehead atoms. The number of hydrogen-bond donors (Lipinski definition) is 2. The van der Waals surface area contributed by atoms with Crippen LogP contribution in [0.3, 0.4) is 0 Å². The third-order valence-electron chi connectivity index (χ3n) is 4.92. The lowest BCUT2D eigenvalue weighted by Crippen LogP contribution is -2.42. The summed E-state index contributed by atoms with van der Waals surface area (Å²) in [4.78, 5) is 22.1. The average Bonchev–Trinajstić information content (AvgIpc) is 2.96. The molecule has 3 rings (SSSR count). The molecule has 2 aliphatic rings. The molecule has 0 atom stereocenters. The van der Waals surface area contributed by atoms with Gasteiger partial charge in [-0.15, -0.1) is 11.8 Å². The van der Waals surface area contributed by atoms with Crippen molar-refractivity contribution < 1.29 is 9.90 Å². The van der Waals surface area contributed by atoms with Crippen LogP contribution in [-0.4, -0.2) is 46.1 Å². The van der Waals surface area contributed by atoms with Gasteiger partial charge >= 0.3 is 0 Å².